The molecule has 26 heavy (non-hydrogen) atoms. The van der Waals surface area contributed by atoms with Gasteiger partial charge in [-0.05, 0) is 37.3 Å². The van der Waals surface area contributed by atoms with Crippen molar-refractivity contribution in [3.63, 3.8) is 0 Å². The Morgan fingerprint density at radius 1 is 1.12 bits per heavy atom. The molecule has 1 heterocycles. The van der Waals surface area contributed by atoms with Crippen molar-refractivity contribution in [3.05, 3.63) is 53.9 Å². The lowest BCUT2D eigenvalue weighted by Gasteiger charge is -2.10. The van der Waals surface area contributed by atoms with Crippen LogP contribution in [0.4, 0.5) is 8.78 Å². The normalized spacial score (nSPS) is 11.0. The lowest BCUT2D eigenvalue weighted by molar-refractivity contribution is -0.0512. The summed E-state index contributed by atoms with van der Waals surface area (Å²) in [5.74, 6) is 1.47. The van der Waals surface area contributed by atoms with Crippen molar-refractivity contribution in [2.45, 2.75) is 24.2 Å². The number of ether oxygens (including phenoxy) is 2. The second-order valence-electron chi connectivity index (χ2n) is 5.36. The minimum Gasteiger partial charge on any atom is -0.493 e. The summed E-state index contributed by atoms with van der Waals surface area (Å²) in [7, 11) is 1.37. The number of methoxy groups -OCH3 is 1. The summed E-state index contributed by atoms with van der Waals surface area (Å²) in [5, 5.41) is 3.93. The Hall–Kier alpha value is -2.61. The lowest BCUT2D eigenvalue weighted by Crippen LogP contribution is -2.03. The molecule has 136 valence electrons. The van der Waals surface area contributed by atoms with Gasteiger partial charge in [-0.25, -0.2) is 0 Å². The Balaban J connectivity index is 1.71. The van der Waals surface area contributed by atoms with E-state index < -0.39 is 6.61 Å². The molecule has 0 atom stereocenters. The third-order valence-electron chi connectivity index (χ3n) is 3.49. The van der Waals surface area contributed by atoms with Crippen molar-refractivity contribution in [1.82, 2.24) is 10.1 Å². The molecule has 0 saturated heterocycles. The van der Waals surface area contributed by atoms with Crippen LogP contribution in [0.15, 0.2) is 51.9 Å². The van der Waals surface area contributed by atoms with Crippen LogP contribution < -0.4 is 9.47 Å². The van der Waals surface area contributed by atoms with Crippen LogP contribution in [-0.2, 0) is 5.75 Å². The molecule has 0 amide bonds. The van der Waals surface area contributed by atoms with Crippen LogP contribution in [0.1, 0.15) is 11.5 Å². The standard InChI is InChI=1S/C18H16F2N2O3S/c1-11-3-6-13(7-4-11)26-10-16-21-17(22-25-16)12-5-8-14(24-18(19)20)15(9-12)23-2/h3-9,18H,10H2,1-2H3. The Morgan fingerprint density at radius 3 is 2.58 bits per heavy atom. The molecule has 8 heteroatoms. The fourth-order valence-electron chi connectivity index (χ4n) is 2.21. The molecule has 0 N–H and O–H groups in total. The first-order chi connectivity index (χ1) is 12.5. The van der Waals surface area contributed by atoms with E-state index in [0.29, 0.717) is 23.0 Å². The molecule has 1 aromatic heterocycles. The smallest absolute Gasteiger partial charge is 0.387 e. The number of benzene rings is 2. The van der Waals surface area contributed by atoms with Gasteiger partial charge in [0.25, 0.3) is 0 Å². The van der Waals surface area contributed by atoms with Gasteiger partial charge in [-0.15, -0.1) is 11.8 Å². The van der Waals surface area contributed by atoms with Crippen molar-refractivity contribution in [3.8, 4) is 22.9 Å². The van der Waals surface area contributed by atoms with Gasteiger partial charge in [0.05, 0.1) is 12.9 Å². The van der Waals surface area contributed by atoms with Crippen LogP contribution in [0, 0.1) is 6.92 Å². The maximum atomic E-state index is 12.4. The topological polar surface area (TPSA) is 57.4 Å². The highest BCUT2D eigenvalue weighted by Gasteiger charge is 2.15. The second-order valence-corrected chi connectivity index (χ2v) is 6.41. The Kier molecular flexibility index (Phi) is 5.72. The maximum absolute atomic E-state index is 12.4. The van der Waals surface area contributed by atoms with Crippen LogP contribution in [0.5, 0.6) is 11.5 Å². The third-order valence-corrected chi connectivity index (χ3v) is 4.49. The van der Waals surface area contributed by atoms with Gasteiger partial charge in [-0.3, -0.25) is 0 Å². The highest BCUT2D eigenvalue weighted by atomic mass is 32.2. The van der Waals surface area contributed by atoms with Gasteiger partial charge in [0.15, 0.2) is 11.5 Å². The molecule has 3 aromatic rings. The highest BCUT2D eigenvalue weighted by Crippen LogP contribution is 2.33. The van der Waals surface area contributed by atoms with Crippen LogP contribution in [0.25, 0.3) is 11.4 Å². The number of halogens is 2. The van der Waals surface area contributed by atoms with Crippen molar-refractivity contribution in [2.24, 2.45) is 0 Å². The zero-order valence-corrected chi connectivity index (χ0v) is 14.9. The molecule has 2 aromatic carbocycles. The lowest BCUT2D eigenvalue weighted by atomic mass is 10.2. The number of aromatic nitrogens is 2. The van der Waals surface area contributed by atoms with Crippen LogP contribution in [0.3, 0.4) is 0 Å². The number of aryl methyl sites for hydroxylation is 1. The van der Waals surface area contributed by atoms with E-state index in [4.69, 9.17) is 9.26 Å². The number of hydrogen-bond acceptors (Lipinski definition) is 6. The highest BCUT2D eigenvalue weighted by molar-refractivity contribution is 7.98. The first-order valence-electron chi connectivity index (χ1n) is 7.70. The summed E-state index contributed by atoms with van der Waals surface area (Å²) < 4.78 is 39.5. The summed E-state index contributed by atoms with van der Waals surface area (Å²) in [5.41, 5.74) is 1.78. The van der Waals surface area contributed by atoms with Crippen molar-refractivity contribution < 1.29 is 22.8 Å². The zero-order chi connectivity index (χ0) is 18.5. The molecule has 0 fully saturated rings. The molecule has 0 spiro atoms. The molecule has 0 bridgehead atoms. The van der Waals surface area contributed by atoms with Crippen LogP contribution in [-0.4, -0.2) is 23.9 Å². The van der Waals surface area contributed by atoms with Crippen molar-refractivity contribution in [1.29, 1.82) is 0 Å². The number of alkyl halides is 2. The summed E-state index contributed by atoms with van der Waals surface area (Å²) in [6.45, 7) is -0.893. The number of rotatable bonds is 7. The van der Waals surface area contributed by atoms with E-state index in [-0.39, 0.29) is 11.5 Å². The van der Waals surface area contributed by atoms with E-state index in [9.17, 15) is 8.78 Å². The third kappa shape index (κ3) is 4.51. The predicted molar refractivity (Wildman–Crippen MR) is 93.7 cm³/mol. The van der Waals surface area contributed by atoms with Gasteiger partial charge in [0.1, 0.15) is 0 Å². The average molecular weight is 378 g/mol. The van der Waals surface area contributed by atoms with Crippen molar-refractivity contribution >= 4 is 11.8 Å². The van der Waals surface area contributed by atoms with Gasteiger partial charge >= 0.3 is 6.61 Å². The van der Waals surface area contributed by atoms with Crippen LogP contribution in [0.2, 0.25) is 0 Å². The molecule has 0 saturated carbocycles. The summed E-state index contributed by atoms with van der Waals surface area (Å²) >= 11 is 1.58. The summed E-state index contributed by atoms with van der Waals surface area (Å²) in [6, 6.07) is 12.6. The zero-order valence-electron chi connectivity index (χ0n) is 14.1. The van der Waals surface area contributed by atoms with E-state index in [1.54, 1.807) is 17.8 Å². The number of hydrogen-bond donors (Lipinski definition) is 0. The minimum absolute atomic E-state index is 0.0510. The fourth-order valence-corrected chi connectivity index (χ4v) is 2.95. The molecule has 0 aliphatic heterocycles. The largest absolute Gasteiger partial charge is 0.493 e. The number of nitrogens with zero attached hydrogens (tertiary/aromatic N) is 2. The van der Waals surface area contributed by atoms with Gasteiger partial charge in [0.2, 0.25) is 11.7 Å². The second kappa shape index (κ2) is 8.18. The molecular weight excluding hydrogens is 362 g/mol. The van der Waals surface area contributed by atoms with E-state index in [1.165, 1.54) is 24.8 Å². The molecule has 5 nitrogen and oxygen atoms in total. The minimum atomic E-state index is -2.93. The SMILES string of the molecule is COc1cc(-c2noc(CSc3ccc(C)cc3)n2)ccc1OC(F)F. The predicted octanol–water partition coefficient (Wildman–Crippen LogP) is 4.95. The van der Waals surface area contributed by atoms with Gasteiger partial charge < -0.3 is 14.0 Å². The average Bonchev–Trinajstić information content (AvgIpc) is 3.10. The molecule has 3 rings (SSSR count). The monoisotopic (exact) mass is 378 g/mol. The molecular formula is C18H16F2N2O3S. The molecule has 0 radical (unpaired) electrons. The molecule has 0 aliphatic rings. The summed E-state index contributed by atoms with van der Waals surface area (Å²) in [4.78, 5) is 5.44. The van der Waals surface area contributed by atoms with Gasteiger partial charge in [0, 0.05) is 10.5 Å². The maximum Gasteiger partial charge on any atom is 0.387 e. The first-order valence-corrected chi connectivity index (χ1v) is 8.69. The quantitative estimate of drug-likeness (QED) is 0.543. The Bertz CT molecular complexity index is 869. The Labute approximate surface area is 153 Å². The Morgan fingerprint density at radius 2 is 1.88 bits per heavy atom. The molecule has 0 aliphatic carbocycles. The van der Waals surface area contributed by atoms with E-state index in [0.717, 1.165) is 4.90 Å². The van der Waals surface area contributed by atoms with E-state index in [2.05, 4.69) is 14.9 Å². The number of thioether (sulfide) groups is 1. The summed E-state index contributed by atoms with van der Waals surface area (Å²) in [6.07, 6.45) is 0. The first kappa shape index (κ1) is 18.2. The van der Waals surface area contributed by atoms with Crippen molar-refractivity contribution in [2.75, 3.05) is 7.11 Å². The van der Waals surface area contributed by atoms with E-state index in [1.807, 2.05) is 31.2 Å². The van der Waals surface area contributed by atoms with Crippen LogP contribution >= 0.6 is 11.8 Å². The fraction of sp³-hybridized carbons (Fsp3) is 0.222. The van der Waals surface area contributed by atoms with Gasteiger partial charge in [-0.1, -0.05) is 22.9 Å². The molecule has 0 unspecified atom stereocenters. The van der Waals surface area contributed by atoms with E-state index >= 15 is 0 Å². The van der Waals surface area contributed by atoms with Gasteiger partial charge in [-0.2, -0.15) is 13.8 Å².